The SMILES string of the molecule is CCOCCCNC(=O)CN1C(=O)[C@@H]2CCCCN2c2ccc(S(=O)(=O)N(C)C)cc21. The molecule has 1 N–H and O–H groups in total. The molecule has 1 aromatic rings. The van der Waals surface area contributed by atoms with E-state index in [9.17, 15) is 18.0 Å². The average Bonchev–Trinajstić information content (AvgIpc) is 2.76. The standard InChI is InChI=1S/C21H32N4O5S/c1-4-30-13-7-11-22-20(26)15-25-19-14-16(31(28,29)23(2)3)9-10-17(19)24-12-6-5-8-18(24)21(25)27/h9-10,14,18H,4-8,11-13,15H2,1-3H3,(H,22,26)/t18-/m0/s1. The fourth-order valence-corrected chi connectivity index (χ4v) is 4.94. The van der Waals surface area contributed by atoms with Crippen molar-refractivity contribution in [2.75, 3.05) is 56.7 Å². The van der Waals surface area contributed by atoms with E-state index in [-0.39, 0.29) is 29.3 Å². The highest BCUT2D eigenvalue weighted by atomic mass is 32.2. The summed E-state index contributed by atoms with van der Waals surface area (Å²) in [5, 5.41) is 2.82. The number of benzene rings is 1. The smallest absolute Gasteiger partial charge is 0.250 e. The lowest BCUT2D eigenvalue weighted by Gasteiger charge is -2.45. The maximum atomic E-state index is 13.3. The molecule has 1 aromatic carbocycles. The van der Waals surface area contributed by atoms with Crippen LogP contribution in [0.5, 0.6) is 0 Å². The number of carbonyl (C=O) groups excluding carboxylic acids is 2. The Hall–Kier alpha value is -2.17. The molecule has 3 rings (SSSR count). The summed E-state index contributed by atoms with van der Waals surface area (Å²) in [5.74, 6) is -0.433. The zero-order valence-corrected chi connectivity index (χ0v) is 19.3. The van der Waals surface area contributed by atoms with E-state index in [2.05, 4.69) is 5.32 Å². The first kappa shape index (κ1) is 23.5. The van der Waals surface area contributed by atoms with Crippen LogP contribution in [0, 0.1) is 0 Å². The molecule has 1 saturated heterocycles. The molecule has 0 radical (unpaired) electrons. The summed E-state index contributed by atoms with van der Waals surface area (Å²) in [5.41, 5.74) is 1.27. The molecule has 2 amide bonds. The van der Waals surface area contributed by atoms with Crippen molar-refractivity contribution < 1.29 is 22.7 Å². The van der Waals surface area contributed by atoms with Crippen LogP contribution in [0.1, 0.15) is 32.6 Å². The predicted octanol–water partition coefficient (Wildman–Crippen LogP) is 1.19. The molecule has 172 valence electrons. The number of piperidine rings is 1. The van der Waals surface area contributed by atoms with E-state index in [1.807, 2.05) is 11.8 Å². The van der Waals surface area contributed by atoms with Gasteiger partial charge in [0.15, 0.2) is 0 Å². The van der Waals surface area contributed by atoms with Crippen LogP contribution in [-0.2, 0) is 24.3 Å². The van der Waals surface area contributed by atoms with E-state index in [0.717, 1.165) is 35.8 Å². The van der Waals surface area contributed by atoms with Crippen LogP contribution in [0.25, 0.3) is 0 Å². The van der Waals surface area contributed by atoms with Crippen LogP contribution in [0.3, 0.4) is 0 Å². The van der Waals surface area contributed by atoms with E-state index in [4.69, 9.17) is 4.74 Å². The molecule has 0 aromatic heterocycles. The molecule has 0 spiro atoms. The summed E-state index contributed by atoms with van der Waals surface area (Å²) in [6.07, 6.45) is 3.34. The highest BCUT2D eigenvalue weighted by molar-refractivity contribution is 7.89. The van der Waals surface area contributed by atoms with E-state index in [0.29, 0.717) is 31.9 Å². The number of sulfonamides is 1. The van der Waals surface area contributed by atoms with E-state index < -0.39 is 10.0 Å². The fraction of sp³-hybridized carbons (Fsp3) is 0.619. The van der Waals surface area contributed by atoms with Crippen molar-refractivity contribution in [1.29, 1.82) is 0 Å². The lowest BCUT2D eigenvalue weighted by Crippen LogP contribution is -2.57. The summed E-state index contributed by atoms with van der Waals surface area (Å²) < 4.78 is 31.7. The van der Waals surface area contributed by atoms with E-state index in [1.54, 1.807) is 12.1 Å². The summed E-state index contributed by atoms with van der Waals surface area (Å²) in [6.45, 7) is 4.15. The topological polar surface area (TPSA) is 99.3 Å². The first-order chi connectivity index (χ1) is 14.8. The second-order valence-corrected chi connectivity index (χ2v) is 10.1. The van der Waals surface area contributed by atoms with Crippen LogP contribution >= 0.6 is 0 Å². The van der Waals surface area contributed by atoms with Gasteiger partial charge in [0, 0.05) is 40.4 Å². The number of nitrogens with zero attached hydrogens (tertiary/aromatic N) is 3. The van der Waals surface area contributed by atoms with Gasteiger partial charge in [-0.25, -0.2) is 12.7 Å². The van der Waals surface area contributed by atoms with E-state index >= 15 is 0 Å². The van der Waals surface area contributed by atoms with Gasteiger partial charge in [-0.15, -0.1) is 0 Å². The van der Waals surface area contributed by atoms with Gasteiger partial charge in [0.05, 0.1) is 16.3 Å². The van der Waals surface area contributed by atoms with Crippen molar-refractivity contribution in [3.05, 3.63) is 18.2 Å². The quantitative estimate of drug-likeness (QED) is 0.565. The highest BCUT2D eigenvalue weighted by Gasteiger charge is 2.40. The normalized spacial score (nSPS) is 18.7. The molecular weight excluding hydrogens is 420 g/mol. The Bertz CT molecular complexity index is 918. The van der Waals surface area contributed by atoms with Gasteiger partial charge in [0.1, 0.15) is 12.6 Å². The largest absolute Gasteiger partial charge is 0.382 e. The number of amides is 2. The second kappa shape index (κ2) is 9.97. The van der Waals surface area contributed by atoms with Crippen molar-refractivity contribution in [2.24, 2.45) is 0 Å². The number of ether oxygens (including phenoxy) is 1. The molecule has 10 heteroatoms. The lowest BCUT2D eigenvalue weighted by atomic mass is 9.96. The summed E-state index contributed by atoms with van der Waals surface area (Å²) in [7, 11) is -0.737. The van der Waals surface area contributed by atoms with Crippen LogP contribution in [0.4, 0.5) is 11.4 Å². The molecule has 1 fully saturated rings. The van der Waals surface area contributed by atoms with Gasteiger partial charge in [0.25, 0.3) is 0 Å². The van der Waals surface area contributed by atoms with Gasteiger partial charge < -0.3 is 15.0 Å². The summed E-state index contributed by atoms with van der Waals surface area (Å²) in [6, 6.07) is 4.52. The minimum absolute atomic E-state index is 0.0987. The number of nitrogens with one attached hydrogen (secondary N) is 1. The molecule has 31 heavy (non-hydrogen) atoms. The van der Waals surface area contributed by atoms with Crippen molar-refractivity contribution >= 4 is 33.2 Å². The molecule has 2 heterocycles. The minimum Gasteiger partial charge on any atom is -0.382 e. The Morgan fingerprint density at radius 1 is 1.26 bits per heavy atom. The molecule has 0 saturated carbocycles. The third-order valence-electron chi connectivity index (χ3n) is 5.67. The van der Waals surface area contributed by atoms with Crippen molar-refractivity contribution in [3.8, 4) is 0 Å². The number of hydrogen-bond acceptors (Lipinski definition) is 6. The molecule has 0 aliphatic carbocycles. The van der Waals surface area contributed by atoms with Gasteiger partial charge >= 0.3 is 0 Å². The summed E-state index contributed by atoms with van der Waals surface area (Å²) >= 11 is 0. The van der Waals surface area contributed by atoms with Gasteiger partial charge in [-0.2, -0.15) is 0 Å². The third kappa shape index (κ3) is 5.02. The van der Waals surface area contributed by atoms with Crippen molar-refractivity contribution in [2.45, 2.75) is 43.5 Å². The second-order valence-electron chi connectivity index (χ2n) is 7.97. The van der Waals surface area contributed by atoms with Crippen LogP contribution < -0.4 is 15.1 Å². The van der Waals surface area contributed by atoms with Gasteiger partial charge in [-0.1, -0.05) is 0 Å². The Kier molecular flexibility index (Phi) is 7.55. The summed E-state index contributed by atoms with van der Waals surface area (Å²) in [4.78, 5) is 29.4. The Balaban J connectivity index is 1.88. The first-order valence-electron chi connectivity index (χ1n) is 10.8. The van der Waals surface area contributed by atoms with E-state index in [1.165, 1.54) is 25.1 Å². The predicted molar refractivity (Wildman–Crippen MR) is 119 cm³/mol. The number of rotatable bonds is 9. The van der Waals surface area contributed by atoms with Gasteiger partial charge in [0.2, 0.25) is 21.8 Å². The fourth-order valence-electron chi connectivity index (χ4n) is 4.02. The first-order valence-corrected chi connectivity index (χ1v) is 12.2. The van der Waals surface area contributed by atoms with Crippen molar-refractivity contribution in [1.82, 2.24) is 9.62 Å². The maximum Gasteiger partial charge on any atom is 0.250 e. The molecule has 9 nitrogen and oxygen atoms in total. The monoisotopic (exact) mass is 452 g/mol. The molecule has 2 aliphatic rings. The minimum atomic E-state index is -3.67. The van der Waals surface area contributed by atoms with Gasteiger partial charge in [-0.3, -0.25) is 14.5 Å². The highest BCUT2D eigenvalue weighted by Crippen LogP contribution is 2.40. The number of hydrogen-bond donors (Lipinski definition) is 1. The molecule has 1 atom stereocenters. The van der Waals surface area contributed by atoms with Gasteiger partial charge in [-0.05, 0) is 50.8 Å². The molecule has 2 aliphatic heterocycles. The van der Waals surface area contributed by atoms with Crippen LogP contribution in [0.15, 0.2) is 23.1 Å². The Morgan fingerprint density at radius 2 is 2.03 bits per heavy atom. The lowest BCUT2D eigenvalue weighted by molar-refractivity contribution is -0.125. The number of fused-ring (bicyclic) bond motifs is 3. The zero-order valence-electron chi connectivity index (χ0n) is 18.5. The van der Waals surface area contributed by atoms with Crippen molar-refractivity contribution in [3.63, 3.8) is 0 Å². The average molecular weight is 453 g/mol. The maximum absolute atomic E-state index is 13.3. The molecular formula is C21H32N4O5S. The number of anilines is 2. The Labute approximate surface area is 184 Å². The Morgan fingerprint density at radius 3 is 2.74 bits per heavy atom. The van der Waals surface area contributed by atoms with Crippen LogP contribution in [0.2, 0.25) is 0 Å². The number of carbonyl (C=O) groups is 2. The molecule has 0 unspecified atom stereocenters. The zero-order chi connectivity index (χ0) is 22.6. The molecule has 0 bridgehead atoms. The van der Waals surface area contributed by atoms with Crippen LogP contribution in [-0.4, -0.2) is 77.5 Å². The third-order valence-corrected chi connectivity index (χ3v) is 7.48.